The molecule has 0 aromatic heterocycles. The Hall–Kier alpha value is -4.28. The Morgan fingerprint density at radius 3 is 0.808 bits per heavy atom. The number of rotatable bonds is 77. The van der Waals surface area contributed by atoms with E-state index in [2.05, 4.69) is 113 Å². The zero-order valence-electron chi connectivity index (χ0n) is 65.7. The van der Waals surface area contributed by atoms with Crippen LogP contribution in [0.1, 0.15) is 349 Å². The summed E-state index contributed by atoms with van der Waals surface area (Å²) in [5.41, 5.74) is 0. The van der Waals surface area contributed by atoms with Crippen LogP contribution < -0.4 is 0 Å². The third kappa shape index (κ3) is 75.9. The third-order valence-electron chi connectivity index (χ3n) is 17.2. The second kappa shape index (κ2) is 76.9. The summed E-state index contributed by atoms with van der Waals surface area (Å²) in [6.45, 7) is 4.72. The van der Waals surface area contributed by atoms with Gasteiger partial charge in [0.05, 0.1) is 26.4 Å². The highest BCUT2D eigenvalue weighted by molar-refractivity contribution is 7.47. The molecular formula is C85H148O17P2. The SMILES string of the molecule is CCCCC/C=C\C/C=C\C/C=C\C/C=C\CCCC(=O)OC[C@H](COP(=O)(O)OC[C@@H](O)COP(=O)(O)OC[C@@H](COC(=O)CCCCCCCCCCCCCCCCC)OC(=O)CCCCCCCCC/C=C\CCCCCC)OC(=O)CCC/C=C\C/C=C\C/C=C\C/C=C\CCCCC. The topological polar surface area (TPSA) is 237 Å². The summed E-state index contributed by atoms with van der Waals surface area (Å²) in [4.78, 5) is 73.0. The van der Waals surface area contributed by atoms with Crippen LogP contribution in [0.4, 0.5) is 0 Å². The van der Waals surface area contributed by atoms with Gasteiger partial charge in [0.15, 0.2) is 12.2 Å². The highest BCUT2D eigenvalue weighted by Gasteiger charge is 2.30. The van der Waals surface area contributed by atoms with Crippen LogP contribution in [-0.2, 0) is 65.4 Å². The van der Waals surface area contributed by atoms with Gasteiger partial charge in [-0.15, -0.1) is 0 Å². The Balaban J connectivity index is 5.45. The molecule has 0 aliphatic carbocycles. The van der Waals surface area contributed by atoms with Crippen LogP contribution in [0.25, 0.3) is 0 Å². The molecule has 0 aromatic carbocycles. The number of ether oxygens (including phenoxy) is 4. The molecule has 0 aliphatic heterocycles. The molecule has 2 unspecified atom stereocenters. The van der Waals surface area contributed by atoms with Crippen molar-refractivity contribution >= 4 is 39.5 Å². The standard InChI is InChI=1S/C85H148O17P2/c1-5-9-13-17-21-25-29-33-37-39-43-46-50-54-58-62-66-70-83(88)96-76-81(102-85(90)72-68-64-60-56-52-48-44-40-38-34-30-26-22-18-14-10-6-2)78-100-104(93,94)98-74-79(86)73-97-103(91,92)99-77-80(101-84(89)71-67-63-59-55-51-47-42-36-32-28-24-20-16-12-8-4)75-95-82(87)69-65-61-57-53-49-45-41-35-31-27-23-19-15-11-7-3/h21-22,25-26,28,32-34,37-38,43-44,46,48,54,56,58,60,79-81,86H,5-20,23-24,27,29-31,35-36,39-42,45,47,49-53,55,57,59,61-78H2,1-4H3,(H,91,92)(H,93,94)/b25-21-,26-22-,32-28-,37-33-,38-34-,46-43-,48-44-,58-54-,60-56-/t79-,80+,81+/m0/s1. The first-order chi connectivity index (χ1) is 50.7. The average Bonchev–Trinajstić information content (AvgIpc) is 0.926. The van der Waals surface area contributed by atoms with Crippen molar-refractivity contribution in [2.24, 2.45) is 0 Å². The number of aliphatic hydroxyl groups excluding tert-OH is 1. The lowest BCUT2D eigenvalue weighted by Crippen LogP contribution is -2.30. The van der Waals surface area contributed by atoms with Gasteiger partial charge in [0.25, 0.3) is 0 Å². The normalized spacial score (nSPS) is 14.4. The fourth-order valence-electron chi connectivity index (χ4n) is 10.9. The number of hydrogen-bond donors (Lipinski definition) is 3. The molecule has 3 N–H and O–H groups in total. The van der Waals surface area contributed by atoms with E-state index in [1.54, 1.807) is 0 Å². The van der Waals surface area contributed by atoms with E-state index < -0.39 is 97.5 Å². The molecule has 104 heavy (non-hydrogen) atoms. The molecule has 600 valence electrons. The van der Waals surface area contributed by atoms with Gasteiger partial charge < -0.3 is 33.8 Å². The largest absolute Gasteiger partial charge is 0.472 e. The molecule has 0 saturated carbocycles. The van der Waals surface area contributed by atoms with Gasteiger partial charge in [0, 0.05) is 25.7 Å². The number of aliphatic hydroxyl groups is 1. The maximum Gasteiger partial charge on any atom is 0.472 e. The van der Waals surface area contributed by atoms with E-state index in [1.165, 1.54) is 135 Å². The van der Waals surface area contributed by atoms with E-state index in [4.69, 9.17) is 37.0 Å². The summed E-state index contributed by atoms with van der Waals surface area (Å²) < 4.78 is 68.6. The van der Waals surface area contributed by atoms with Crippen molar-refractivity contribution in [1.82, 2.24) is 0 Å². The molecule has 0 heterocycles. The minimum atomic E-state index is -5.00. The quantitative estimate of drug-likeness (QED) is 0.0169. The molecule has 0 rings (SSSR count). The van der Waals surface area contributed by atoms with Crippen LogP contribution in [0.5, 0.6) is 0 Å². The van der Waals surface area contributed by atoms with E-state index in [1.807, 2.05) is 24.3 Å². The summed E-state index contributed by atoms with van der Waals surface area (Å²) in [5.74, 6) is -2.29. The molecule has 0 saturated heterocycles. The Morgan fingerprint density at radius 1 is 0.269 bits per heavy atom. The van der Waals surface area contributed by atoms with Crippen LogP contribution in [0.15, 0.2) is 109 Å². The second-order valence-corrected chi connectivity index (χ2v) is 30.3. The van der Waals surface area contributed by atoms with Crippen molar-refractivity contribution < 1.29 is 80.2 Å². The molecule has 0 aromatic rings. The van der Waals surface area contributed by atoms with Crippen LogP contribution in [0.3, 0.4) is 0 Å². The van der Waals surface area contributed by atoms with Crippen molar-refractivity contribution in [3.63, 3.8) is 0 Å². The average molecular weight is 1500 g/mol. The minimum absolute atomic E-state index is 0.00661. The number of carbonyl (C=O) groups excluding carboxylic acids is 4. The zero-order chi connectivity index (χ0) is 76.0. The summed E-state index contributed by atoms with van der Waals surface area (Å²) in [6, 6.07) is 0. The van der Waals surface area contributed by atoms with Gasteiger partial charge in [-0.05, 0) is 128 Å². The summed E-state index contributed by atoms with van der Waals surface area (Å²) in [5, 5.41) is 10.6. The fraction of sp³-hybridized carbons (Fsp3) is 0.741. The van der Waals surface area contributed by atoms with E-state index in [9.17, 15) is 43.2 Å². The zero-order valence-corrected chi connectivity index (χ0v) is 67.5. The fourth-order valence-corrected chi connectivity index (χ4v) is 12.5. The van der Waals surface area contributed by atoms with E-state index in [0.29, 0.717) is 38.5 Å². The minimum Gasteiger partial charge on any atom is -0.462 e. The molecule has 0 radical (unpaired) electrons. The van der Waals surface area contributed by atoms with Crippen molar-refractivity contribution in [2.75, 3.05) is 39.6 Å². The van der Waals surface area contributed by atoms with Crippen LogP contribution in [0.2, 0.25) is 0 Å². The number of phosphoric ester groups is 2. The summed E-state index contributed by atoms with van der Waals surface area (Å²) in [6.07, 6.45) is 83.6. The van der Waals surface area contributed by atoms with Gasteiger partial charge in [-0.2, -0.15) is 0 Å². The van der Waals surface area contributed by atoms with Gasteiger partial charge in [0.2, 0.25) is 0 Å². The molecule has 5 atom stereocenters. The highest BCUT2D eigenvalue weighted by atomic mass is 31.2. The van der Waals surface area contributed by atoms with Gasteiger partial charge in [-0.3, -0.25) is 37.3 Å². The van der Waals surface area contributed by atoms with Crippen LogP contribution in [-0.4, -0.2) is 96.7 Å². The molecule has 0 bridgehead atoms. The first-order valence-corrected chi connectivity index (χ1v) is 44.1. The van der Waals surface area contributed by atoms with Crippen LogP contribution in [0, 0.1) is 0 Å². The Bertz CT molecular complexity index is 2390. The number of phosphoric acid groups is 2. The molecule has 0 amide bonds. The summed E-state index contributed by atoms with van der Waals surface area (Å²) in [7, 11) is -9.99. The molecule has 0 spiro atoms. The van der Waals surface area contributed by atoms with Gasteiger partial charge >= 0.3 is 39.5 Å². The van der Waals surface area contributed by atoms with Crippen molar-refractivity contribution in [3.05, 3.63) is 109 Å². The van der Waals surface area contributed by atoms with E-state index in [-0.39, 0.29) is 25.7 Å². The van der Waals surface area contributed by atoms with Gasteiger partial charge in [-0.25, -0.2) is 9.13 Å². The number of allylic oxidation sites excluding steroid dienone is 18. The Morgan fingerprint density at radius 2 is 0.481 bits per heavy atom. The Labute approximate surface area is 632 Å². The van der Waals surface area contributed by atoms with Crippen molar-refractivity contribution in [2.45, 2.75) is 367 Å². The first-order valence-electron chi connectivity index (χ1n) is 41.1. The van der Waals surface area contributed by atoms with Crippen LogP contribution >= 0.6 is 15.6 Å². The smallest absolute Gasteiger partial charge is 0.462 e. The monoisotopic (exact) mass is 1500 g/mol. The Kier molecular flexibility index (Phi) is 73.7. The summed E-state index contributed by atoms with van der Waals surface area (Å²) >= 11 is 0. The first kappa shape index (κ1) is 99.7. The van der Waals surface area contributed by atoms with Crippen molar-refractivity contribution in [3.8, 4) is 0 Å². The number of esters is 4. The second-order valence-electron chi connectivity index (χ2n) is 27.4. The number of unbranched alkanes of at least 4 members (excludes halogenated alkanes) is 33. The molecule has 0 fully saturated rings. The third-order valence-corrected chi connectivity index (χ3v) is 19.1. The maximum absolute atomic E-state index is 13.1. The number of hydrogen-bond acceptors (Lipinski definition) is 15. The maximum atomic E-state index is 13.1. The molecule has 19 heteroatoms. The lowest BCUT2D eigenvalue weighted by atomic mass is 10.0. The lowest BCUT2D eigenvalue weighted by Gasteiger charge is -2.21. The predicted octanol–water partition coefficient (Wildman–Crippen LogP) is 24.1. The highest BCUT2D eigenvalue weighted by Crippen LogP contribution is 2.45. The number of carbonyl (C=O) groups is 4. The predicted molar refractivity (Wildman–Crippen MR) is 427 cm³/mol. The van der Waals surface area contributed by atoms with Gasteiger partial charge in [0.1, 0.15) is 19.3 Å². The molecule has 0 aliphatic rings. The van der Waals surface area contributed by atoms with Crippen molar-refractivity contribution in [1.29, 1.82) is 0 Å². The lowest BCUT2D eigenvalue weighted by molar-refractivity contribution is -0.161. The molecule has 17 nitrogen and oxygen atoms in total. The van der Waals surface area contributed by atoms with Gasteiger partial charge in [-0.1, -0.05) is 304 Å². The van der Waals surface area contributed by atoms with E-state index in [0.717, 1.165) is 122 Å². The van der Waals surface area contributed by atoms with E-state index >= 15 is 0 Å². The molecular weight excluding hydrogens is 1350 g/mol.